The molecule has 1 amide bonds. The summed E-state index contributed by atoms with van der Waals surface area (Å²) in [7, 11) is 1.62. The van der Waals surface area contributed by atoms with Gasteiger partial charge in [-0.05, 0) is 19.1 Å². The van der Waals surface area contributed by atoms with Crippen molar-refractivity contribution in [2.24, 2.45) is 0 Å². The first kappa shape index (κ1) is 7.98. The van der Waals surface area contributed by atoms with Crippen molar-refractivity contribution in [3.05, 3.63) is 34.9 Å². The molecule has 0 bridgehead atoms. The average molecular weight is 174 g/mol. The lowest BCUT2D eigenvalue weighted by Gasteiger charge is -2.05. The first-order valence-electron chi connectivity index (χ1n) is 4.09. The Morgan fingerprint density at radius 2 is 2.00 bits per heavy atom. The Kier molecular flexibility index (Phi) is 1.49. The van der Waals surface area contributed by atoms with E-state index in [-0.39, 0.29) is 5.91 Å². The molecule has 13 heavy (non-hydrogen) atoms. The number of hydrogen-bond acceptors (Lipinski definition) is 2. The molecule has 1 aromatic rings. The third-order valence-corrected chi connectivity index (χ3v) is 2.30. The highest BCUT2D eigenvalue weighted by Crippen LogP contribution is 2.21. The summed E-state index contributed by atoms with van der Waals surface area (Å²) in [6.07, 6.45) is 0. The number of carbonyl (C=O) groups is 1. The van der Waals surface area contributed by atoms with E-state index < -0.39 is 0 Å². The highest BCUT2D eigenvalue weighted by molar-refractivity contribution is 6.22. The van der Waals surface area contributed by atoms with Gasteiger partial charge in [0.15, 0.2) is 0 Å². The van der Waals surface area contributed by atoms with E-state index >= 15 is 0 Å². The minimum atomic E-state index is -0.0833. The SMILES string of the molecule is Cc1ccc2c(c1)C(=N)N(C)C2=O. The molecule has 66 valence electrons. The summed E-state index contributed by atoms with van der Waals surface area (Å²) in [5, 5.41) is 7.67. The predicted octanol–water partition coefficient (Wildman–Crippen LogP) is 1.41. The van der Waals surface area contributed by atoms with Crippen LogP contribution in [0.3, 0.4) is 0 Å². The van der Waals surface area contributed by atoms with Gasteiger partial charge in [-0.25, -0.2) is 0 Å². The average Bonchev–Trinajstić information content (AvgIpc) is 2.32. The quantitative estimate of drug-likeness (QED) is 0.635. The van der Waals surface area contributed by atoms with Crippen LogP contribution in [0.5, 0.6) is 0 Å². The van der Waals surface area contributed by atoms with Crippen LogP contribution >= 0.6 is 0 Å². The Labute approximate surface area is 76.5 Å². The molecule has 3 nitrogen and oxygen atoms in total. The standard InChI is InChI=1S/C10H10N2O/c1-6-3-4-7-8(5-6)9(11)12(2)10(7)13/h3-5,11H,1-2H3. The van der Waals surface area contributed by atoms with E-state index in [4.69, 9.17) is 5.41 Å². The molecule has 0 atom stereocenters. The Bertz CT molecular complexity index is 409. The highest BCUT2D eigenvalue weighted by Gasteiger charge is 2.29. The van der Waals surface area contributed by atoms with Crippen molar-refractivity contribution in [2.45, 2.75) is 6.92 Å². The van der Waals surface area contributed by atoms with Gasteiger partial charge >= 0.3 is 0 Å². The summed E-state index contributed by atoms with van der Waals surface area (Å²) < 4.78 is 0. The van der Waals surface area contributed by atoms with E-state index in [2.05, 4.69) is 0 Å². The van der Waals surface area contributed by atoms with Crippen molar-refractivity contribution in [1.82, 2.24) is 4.90 Å². The van der Waals surface area contributed by atoms with Gasteiger partial charge in [-0.15, -0.1) is 0 Å². The summed E-state index contributed by atoms with van der Waals surface area (Å²) in [6.45, 7) is 1.95. The van der Waals surface area contributed by atoms with E-state index in [1.165, 1.54) is 4.90 Å². The number of amides is 1. The molecule has 0 radical (unpaired) electrons. The molecule has 0 aromatic heterocycles. The van der Waals surface area contributed by atoms with Crippen LogP contribution in [0.1, 0.15) is 21.5 Å². The fraction of sp³-hybridized carbons (Fsp3) is 0.200. The number of rotatable bonds is 0. The van der Waals surface area contributed by atoms with Crippen molar-refractivity contribution >= 4 is 11.7 Å². The molecule has 1 heterocycles. The van der Waals surface area contributed by atoms with Gasteiger partial charge in [-0.2, -0.15) is 0 Å². The summed E-state index contributed by atoms with van der Waals surface area (Å²) in [5.74, 6) is 0.212. The number of aryl methyl sites for hydroxylation is 1. The second-order valence-corrected chi connectivity index (χ2v) is 3.26. The molecule has 1 aromatic carbocycles. The number of hydrogen-bond donors (Lipinski definition) is 1. The molecule has 2 rings (SSSR count). The third kappa shape index (κ3) is 0.967. The second-order valence-electron chi connectivity index (χ2n) is 3.26. The smallest absolute Gasteiger partial charge is 0.259 e. The van der Waals surface area contributed by atoms with Crippen LogP contribution in [0.15, 0.2) is 18.2 Å². The Morgan fingerprint density at radius 1 is 1.31 bits per heavy atom. The van der Waals surface area contributed by atoms with E-state index in [1.807, 2.05) is 19.1 Å². The summed E-state index contributed by atoms with van der Waals surface area (Å²) in [6, 6.07) is 5.55. The predicted molar refractivity (Wildman–Crippen MR) is 50.1 cm³/mol. The molecule has 3 heteroatoms. The van der Waals surface area contributed by atoms with Crippen LogP contribution in [0.25, 0.3) is 0 Å². The molecule has 0 fully saturated rings. The number of amidine groups is 1. The van der Waals surface area contributed by atoms with E-state index in [1.54, 1.807) is 13.1 Å². The van der Waals surface area contributed by atoms with E-state index in [0.29, 0.717) is 11.4 Å². The number of carbonyl (C=O) groups excluding carboxylic acids is 1. The Hall–Kier alpha value is -1.64. The first-order valence-corrected chi connectivity index (χ1v) is 4.09. The summed E-state index contributed by atoms with van der Waals surface area (Å²) in [4.78, 5) is 12.9. The minimum absolute atomic E-state index is 0.0833. The van der Waals surface area contributed by atoms with Crippen LogP contribution in [0, 0.1) is 12.3 Å². The second kappa shape index (κ2) is 2.42. The van der Waals surface area contributed by atoms with Crippen molar-refractivity contribution in [3.8, 4) is 0 Å². The summed E-state index contributed by atoms with van der Waals surface area (Å²) >= 11 is 0. The monoisotopic (exact) mass is 174 g/mol. The Morgan fingerprint density at radius 3 is 2.69 bits per heavy atom. The maximum absolute atomic E-state index is 11.5. The zero-order chi connectivity index (χ0) is 9.59. The lowest BCUT2D eigenvalue weighted by atomic mass is 10.1. The van der Waals surface area contributed by atoms with Gasteiger partial charge in [-0.1, -0.05) is 11.6 Å². The van der Waals surface area contributed by atoms with Crippen LogP contribution in [0.4, 0.5) is 0 Å². The zero-order valence-electron chi connectivity index (χ0n) is 7.59. The molecule has 1 N–H and O–H groups in total. The lowest BCUT2D eigenvalue weighted by Crippen LogP contribution is -2.24. The molecule has 1 aliphatic heterocycles. The highest BCUT2D eigenvalue weighted by atomic mass is 16.2. The van der Waals surface area contributed by atoms with Crippen LogP contribution in [-0.4, -0.2) is 23.7 Å². The van der Waals surface area contributed by atoms with Crippen molar-refractivity contribution in [3.63, 3.8) is 0 Å². The normalized spacial score (nSPS) is 15.1. The molecule has 0 saturated carbocycles. The zero-order valence-corrected chi connectivity index (χ0v) is 7.59. The number of nitrogens with zero attached hydrogens (tertiary/aromatic N) is 1. The molecule has 0 saturated heterocycles. The maximum atomic E-state index is 11.5. The molecule has 0 unspecified atom stereocenters. The number of nitrogens with one attached hydrogen (secondary N) is 1. The van der Waals surface area contributed by atoms with Gasteiger partial charge < -0.3 is 0 Å². The van der Waals surface area contributed by atoms with E-state index in [9.17, 15) is 4.79 Å². The Balaban J connectivity index is 2.67. The van der Waals surface area contributed by atoms with Crippen LogP contribution < -0.4 is 0 Å². The van der Waals surface area contributed by atoms with Gasteiger partial charge in [-0.3, -0.25) is 15.1 Å². The molecule has 0 aliphatic carbocycles. The lowest BCUT2D eigenvalue weighted by molar-refractivity contribution is 0.0882. The minimum Gasteiger partial charge on any atom is -0.296 e. The van der Waals surface area contributed by atoms with Gasteiger partial charge in [0.2, 0.25) is 0 Å². The van der Waals surface area contributed by atoms with Crippen molar-refractivity contribution in [2.75, 3.05) is 7.05 Å². The van der Waals surface area contributed by atoms with Gasteiger partial charge in [0, 0.05) is 12.6 Å². The number of fused-ring (bicyclic) bond motifs is 1. The topological polar surface area (TPSA) is 44.2 Å². The van der Waals surface area contributed by atoms with Gasteiger partial charge in [0.1, 0.15) is 5.84 Å². The molecular weight excluding hydrogens is 164 g/mol. The summed E-state index contributed by atoms with van der Waals surface area (Å²) in [5.41, 5.74) is 2.46. The molecule has 0 spiro atoms. The largest absolute Gasteiger partial charge is 0.296 e. The first-order chi connectivity index (χ1) is 6.11. The third-order valence-electron chi connectivity index (χ3n) is 2.30. The van der Waals surface area contributed by atoms with Crippen LogP contribution in [-0.2, 0) is 0 Å². The van der Waals surface area contributed by atoms with Gasteiger partial charge in [0.05, 0.1) is 5.56 Å². The number of benzene rings is 1. The van der Waals surface area contributed by atoms with Crippen LogP contribution in [0.2, 0.25) is 0 Å². The molecular formula is C10H10N2O. The van der Waals surface area contributed by atoms with Crippen molar-refractivity contribution < 1.29 is 4.79 Å². The maximum Gasteiger partial charge on any atom is 0.259 e. The van der Waals surface area contributed by atoms with Gasteiger partial charge in [0.25, 0.3) is 5.91 Å². The fourth-order valence-electron chi connectivity index (χ4n) is 1.50. The van der Waals surface area contributed by atoms with E-state index in [0.717, 1.165) is 11.1 Å². The van der Waals surface area contributed by atoms with Crippen molar-refractivity contribution in [1.29, 1.82) is 5.41 Å². The fourth-order valence-corrected chi connectivity index (χ4v) is 1.50. The molecule has 1 aliphatic rings.